The van der Waals surface area contributed by atoms with Crippen molar-refractivity contribution in [2.45, 2.75) is 6.04 Å². The van der Waals surface area contributed by atoms with Crippen LogP contribution in [0.4, 0.5) is 14.5 Å². The Morgan fingerprint density at radius 1 is 0.828 bits per heavy atom. The monoisotopic (exact) mass is 391 g/mol. The number of anilines is 1. The van der Waals surface area contributed by atoms with E-state index in [-0.39, 0.29) is 17.0 Å². The normalized spacial score (nSPS) is 18.3. The number of halogens is 2. The van der Waals surface area contributed by atoms with E-state index in [4.69, 9.17) is 0 Å². The number of amides is 1. The number of carbonyl (C=O) groups is 2. The Morgan fingerprint density at radius 3 is 2.07 bits per heavy atom. The molecule has 1 unspecified atom stereocenters. The lowest BCUT2D eigenvalue weighted by Gasteiger charge is -2.25. The number of hydrogen-bond donors (Lipinski definition) is 1. The summed E-state index contributed by atoms with van der Waals surface area (Å²) < 4.78 is 27.3. The fourth-order valence-electron chi connectivity index (χ4n) is 3.44. The fourth-order valence-corrected chi connectivity index (χ4v) is 3.44. The Labute approximate surface area is 165 Å². The summed E-state index contributed by atoms with van der Waals surface area (Å²) in [6, 6.07) is 19.0. The van der Waals surface area contributed by atoms with Crippen molar-refractivity contribution in [3.05, 3.63) is 107 Å². The number of benzene rings is 3. The molecule has 6 heteroatoms. The molecular formula is C23H15F2NO3. The molecule has 0 spiro atoms. The third kappa shape index (κ3) is 3.18. The molecule has 1 saturated heterocycles. The van der Waals surface area contributed by atoms with Gasteiger partial charge < -0.3 is 5.11 Å². The predicted molar refractivity (Wildman–Crippen MR) is 104 cm³/mol. The highest BCUT2D eigenvalue weighted by Crippen LogP contribution is 2.42. The molecule has 1 fully saturated rings. The SMILES string of the molecule is O=C1C(=O)N(c2ccc(F)c(F)c2)C(c2ccccc2)/C1=C(\O)c1ccccc1. The van der Waals surface area contributed by atoms with Crippen LogP contribution in [0.5, 0.6) is 0 Å². The van der Waals surface area contributed by atoms with Crippen molar-refractivity contribution < 1.29 is 23.5 Å². The molecule has 0 radical (unpaired) electrons. The Kier molecular flexibility index (Phi) is 4.68. The summed E-state index contributed by atoms with van der Waals surface area (Å²) in [5.74, 6) is -4.36. The van der Waals surface area contributed by atoms with Crippen molar-refractivity contribution in [2.24, 2.45) is 0 Å². The summed E-state index contributed by atoms with van der Waals surface area (Å²) in [5.41, 5.74) is 0.828. The molecule has 4 rings (SSSR count). The number of ketones is 1. The highest BCUT2D eigenvalue weighted by molar-refractivity contribution is 6.51. The van der Waals surface area contributed by atoms with Crippen molar-refractivity contribution in [1.29, 1.82) is 0 Å². The Balaban J connectivity index is 1.95. The highest BCUT2D eigenvalue weighted by atomic mass is 19.2. The van der Waals surface area contributed by atoms with E-state index in [9.17, 15) is 23.5 Å². The molecular weight excluding hydrogens is 376 g/mol. The van der Waals surface area contributed by atoms with Gasteiger partial charge in [-0.2, -0.15) is 0 Å². The van der Waals surface area contributed by atoms with Crippen LogP contribution in [0, 0.1) is 11.6 Å². The van der Waals surface area contributed by atoms with Gasteiger partial charge in [0.25, 0.3) is 11.7 Å². The highest BCUT2D eigenvalue weighted by Gasteiger charge is 2.47. The molecule has 0 saturated carbocycles. The van der Waals surface area contributed by atoms with Crippen LogP contribution in [0.15, 0.2) is 84.4 Å². The maximum absolute atomic E-state index is 13.8. The fraction of sp³-hybridized carbons (Fsp3) is 0.0435. The lowest BCUT2D eigenvalue weighted by Crippen LogP contribution is -2.29. The van der Waals surface area contributed by atoms with Crippen LogP contribution in [0.3, 0.4) is 0 Å². The van der Waals surface area contributed by atoms with Gasteiger partial charge in [-0.1, -0.05) is 60.7 Å². The van der Waals surface area contributed by atoms with E-state index in [1.54, 1.807) is 60.7 Å². The van der Waals surface area contributed by atoms with Crippen molar-refractivity contribution in [3.63, 3.8) is 0 Å². The molecule has 29 heavy (non-hydrogen) atoms. The smallest absolute Gasteiger partial charge is 0.300 e. The predicted octanol–water partition coefficient (Wildman–Crippen LogP) is 4.59. The third-order valence-electron chi connectivity index (χ3n) is 4.79. The van der Waals surface area contributed by atoms with Gasteiger partial charge in [0, 0.05) is 17.3 Å². The molecule has 1 aliphatic heterocycles. The second kappa shape index (κ2) is 7.31. The van der Waals surface area contributed by atoms with Crippen molar-refractivity contribution >= 4 is 23.1 Å². The Hall–Kier alpha value is -3.80. The van der Waals surface area contributed by atoms with Crippen molar-refractivity contribution in [1.82, 2.24) is 0 Å². The summed E-state index contributed by atoms with van der Waals surface area (Å²) in [6.07, 6.45) is 0. The average Bonchev–Trinajstić information content (AvgIpc) is 3.02. The first-order valence-corrected chi connectivity index (χ1v) is 8.85. The van der Waals surface area contributed by atoms with Crippen molar-refractivity contribution in [3.8, 4) is 0 Å². The molecule has 1 amide bonds. The molecule has 1 aliphatic rings. The van der Waals surface area contributed by atoms with Crippen molar-refractivity contribution in [2.75, 3.05) is 4.90 Å². The summed E-state index contributed by atoms with van der Waals surface area (Å²) in [6.45, 7) is 0. The van der Waals surface area contributed by atoms with Gasteiger partial charge in [0.05, 0.1) is 11.6 Å². The molecule has 1 atom stereocenters. The zero-order valence-corrected chi connectivity index (χ0v) is 15.0. The van der Waals surface area contributed by atoms with Gasteiger partial charge in [-0.3, -0.25) is 14.5 Å². The third-order valence-corrected chi connectivity index (χ3v) is 4.79. The molecule has 1 heterocycles. The maximum atomic E-state index is 13.8. The summed E-state index contributed by atoms with van der Waals surface area (Å²) in [7, 11) is 0. The molecule has 0 bridgehead atoms. The molecule has 3 aromatic carbocycles. The second-order valence-corrected chi connectivity index (χ2v) is 6.54. The van der Waals surface area contributed by atoms with Crippen LogP contribution in [-0.4, -0.2) is 16.8 Å². The van der Waals surface area contributed by atoms with Crippen LogP contribution < -0.4 is 4.90 Å². The van der Waals surface area contributed by atoms with Crippen LogP contribution in [0.1, 0.15) is 17.2 Å². The van der Waals surface area contributed by atoms with Gasteiger partial charge in [0.15, 0.2) is 11.6 Å². The average molecular weight is 391 g/mol. The molecule has 3 aromatic rings. The maximum Gasteiger partial charge on any atom is 0.300 e. The van der Waals surface area contributed by atoms with Crippen LogP contribution >= 0.6 is 0 Å². The molecule has 0 aromatic heterocycles. The standard InChI is InChI=1S/C23H15F2NO3/c24-17-12-11-16(13-18(17)25)26-20(14-7-3-1-4-8-14)19(22(28)23(26)29)21(27)15-9-5-2-6-10-15/h1-13,20,27H/b21-19+. The lowest BCUT2D eigenvalue weighted by molar-refractivity contribution is -0.132. The number of Topliss-reactive ketones (excluding diaryl/α,β-unsaturated/α-hetero) is 1. The quantitative estimate of drug-likeness (QED) is 0.404. The molecule has 144 valence electrons. The van der Waals surface area contributed by atoms with Gasteiger partial charge in [-0.05, 0) is 17.7 Å². The van der Waals surface area contributed by atoms with Gasteiger partial charge in [0.2, 0.25) is 0 Å². The Bertz CT molecular complexity index is 1130. The molecule has 0 aliphatic carbocycles. The summed E-state index contributed by atoms with van der Waals surface area (Å²) in [5, 5.41) is 10.8. The summed E-state index contributed by atoms with van der Waals surface area (Å²) in [4.78, 5) is 26.8. The number of hydrogen-bond acceptors (Lipinski definition) is 3. The summed E-state index contributed by atoms with van der Waals surface area (Å²) >= 11 is 0. The number of rotatable bonds is 3. The first kappa shape index (κ1) is 18.6. The van der Waals surface area contributed by atoms with E-state index < -0.39 is 29.4 Å². The minimum Gasteiger partial charge on any atom is -0.507 e. The minimum atomic E-state index is -1.14. The van der Waals surface area contributed by atoms with Crippen LogP contribution in [-0.2, 0) is 9.59 Å². The molecule has 4 nitrogen and oxygen atoms in total. The van der Waals surface area contributed by atoms with E-state index in [1.807, 2.05) is 0 Å². The largest absolute Gasteiger partial charge is 0.507 e. The number of nitrogens with zero attached hydrogens (tertiary/aromatic N) is 1. The van der Waals surface area contributed by atoms with Crippen LogP contribution in [0.25, 0.3) is 5.76 Å². The van der Waals surface area contributed by atoms with E-state index in [0.717, 1.165) is 17.0 Å². The number of aliphatic hydroxyl groups is 1. The van der Waals surface area contributed by atoms with Gasteiger partial charge in [-0.25, -0.2) is 8.78 Å². The van der Waals surface area contributed by atoms with E-state index in [0.29, 0.717) is 11.1 Å². The van der Waals surface area contributed by atoms with Gasteiger partial charge in [-0.15, -0.1) is 0 Å². The van der Waals surface area contributed by atoms with Crippen LogP contribution in [0.2, 0.25) is 0 Å². The van der Waals surface area contributed by atoms with Gasteiger partial charge >= 0.3 is 0 Å². The zero-order chi connectivity index (χ0) is 20.5. The first-order chi connectivity index (χ1) is 14.0. The second-order valence-electron chi connectivity index (χ2n) is 6.54. The lowest BCUT2D eigenvalue weighted by atomic mass is 9.95. The van der Waals surface area contributed by atoms with E-state index in [1.165, 1.54) is 6.07 Å². The van der Waals surface area contributed by atoms with Gasteiger partial charge in [0.1, 0.15) is 5.76 Å². The number of carbonyl (C=O) groups excluding carboxylic acids is 2. The number of aliphatic hydroxyl groups excluding tert-OH is 1. The first-order valence-electron chi connectivity index (χ1n) is 8.85. The zero-order valence-electron chi connectivity index (χ0n) is 15.0. The minimum absolute atomic E-state index is 0.0203. The van der Waals surface area contributed by atoms with E-state index >= 15 is 0 Å². The topological polar surface area (TPSA) is 57.6 Å². The van der Waals surface area contributed by atoms with E-state index in [2.05, 4.69) is 0 Å². The Morgan fingerprint density at radius 2 is 1.45 bits per heavy atom. The molecule has 1 N–H and O–H groups in total.